The molecule has 0 saturated carbocycles. The van der Waals surface area contributed by atoms with E-state index in [-0.39, 0.29) is 11.9 Å². The van der Waals surface area contributed by atoms with Crippen LogP contribution in [0.25, 0.3) is 0 Å². The van der Waals surface area contributed by atoms with Crippen LogP contribution in [-0.4, -0.2) is 29.3 Å². The maximum atomic E-state index is 11.3. The third kappa shape index (κ3) is 1.81. The number of nitrogens with one attached hydrogen (secondary N) is 1. The van der Waals surface area contributed by atoms with Crippen LogP contribution in [-0.2, 0) is 16.1 Å². The summed E-state index contributed by atoms with van der Waals surface area (Å²) in [6, 6.07) is 5.25. The molecule has 1 amide bonds. The molecular formula is C12H11N3O3. The van der Waals surface area contributed by atoms with Crippen LogP contribution in [0.1, 0.15) is 12.5 Å². The van der Waals surface area contributed by atoms with Crippen molar-refractivity contribution in [3.8, 4) is 5.75 Å². The predicted octanol–water partition coefficient (Wildman–Crippen LogP) is 0.545. The smallest absolute Gasteiger partial charge is 0.308 e. The minimum atomic E-state index is -0.354. The molecule has 2 aliphatic rings. The van der Waals surface area contributed by atoms with Gasteiger partial charge in [0.2, 0.25) is 11.9 Å². The van der Waals surface area contributed by atoms with Crippen LogP contribution in [0.2, 0.25) is 0 Å². The summed E-state index contributed by atoms with van der Waals surface area (Å²) in [4.78, 5) is 28.4. The van der Waals surface area contributed by atoms with E-state index in [1.807, 2.05) is 4.90 Å². The second-order valence-electron chi connectivity index (χ2n) is 4.22. The average Bonchev–Trinajstić information content (AvgIpc) is 2.64. The number of rotatable bonds is 1. The Morgan fingerprint density at radius 3 is 3.06 bits per heavy atom. The molecule has 2 aliphatic heterocycles. The van der Waals surface area contributed by atoms with Gasteiger partial charge in [-0.1, -0.05) is 0 Å². The summed E-state index contributed by atoms with van der Waals surface area (Å²) >= 11 is 0. The van der Waals surface area contributed by atoms with E-state index in [1.54, 1.807) is 18.2 Å². The minimum Gasteiger partial charge on any atom is -0.427 e. The molecule has 6 heteroatoms. The molecule has 92 valence electrons. The minimum absolute atomic E-state index is 0.0539. The predicted molar refractivity (Wildman–Crippen MR) is 63.4 cm³/mol. The van der Waals surface area contributed by atoms with Crippen LogP contribution in [0.4, 0.5) is 5.69 Å². The standard InChI is InChI=1S/C12H11N3O3/c1-7(16)18-9-2-3-10-8(4-9)5-15-6-11(17)14-12(15)13-10/h2-4H,5-6H2,1H3,(H,13,14,17). The van der Waals surface area contributed by atoms with Gasteiger partial charge in [-0.25, -0.2) is 4.99 Å². The van der Waals surface area contributed by atoms with Crippen molar-refractivity contribution >= 4 is 23.5 Å². The average molecular weight is 245 g/mol. The van der Waals surface area contributed by atoms with Gasteiger partial charge in [0.15, 0.2) is 0 Å². The number of guanidine groups is 1. The molecule has 1 fully saturated rings. The first-order valence-corrected chi connectivity index (χ1v) is 5.56. The topological polar surface area (TPSA) is 71.0 Å². The van der Waals surface area contributed by atoms with Gasteiger partial charge in [0.05, 0.1) is 5.69 Å². The van der Waals surface area contributed by atoms with Gasteiger partial charge in [-0.3, -0.25) is 14.9 Å². The monoisotopic (exact) mass is 245 g/mol. The first-order chi connectivity index (χ1) is 8.61. The van der Waals surface area contributed by atoms with Crippen LogP contribution in [0.3, 0.4) is 0 Å². The Bertz CT molecular complexity index is 580. The number of esters is 1. The van der Waals surface area contributed by atoms with Crippen molar-refractivity contribution in [2.75, 3.05) is 6.54 Å². The highest BCUT2D eigenvalue weighted by Gasteiger charge is 2.29. The third-order valence-corrected chi connectivity index (χ3v) is 2.79. The van der Waals surface area contributed by atoms with Crippen LogP contribution in [0.5, 0.6) is 5.75 Å². The van der Waals surface area contributed by atoms with E-state index in [1.165, 1.54) is 6.92 Å². The lowest BCUT2D eigenvalue weighted by Crippen LogP contribution is -2.32. The van der Waals surface area contributed by atoms with Crippen molar-refractivity contribution in [3.05, 3.63) is 23.8 Å². The highest BCUT2D eigenvalue weighted by atomic mass is 16.5. The Morgan fingerprint density at radius 1 is 1.44 bits per heavy atom. The fourth-order valence-electron chi connectivity index (χ4n) is 2.07. The first kappa shape index (κ1) is 10.8. The van der Waals surface area contributed by atoms with Crippen molar-refractivity contribution < 1.29 is 14.3 Å². The summed E-state index contributed by atoms with van der Waals surface area (Å²) in [7, 11) is 0. The van der Waals surface area contributed by atoms with E-state index in [9.17, 15) is 9.59 Å². The molecule has 0 radical (unpaired) electrons. The van der Waals surface area contributed by atoms with Gasteiger partial charge < -0.3 is 9.64 Å². The van der Waals surface area contributed by atoms with Crippen molar-refractivity contribution in [1.82, 2.24) is 10.2 Å². The Labute approximate surface area is 103 Å². The summed E-state index contributed by atoms with van der Waals surface area (Å²) in [5.41, 5.74) is 1.73. The zero-order valence-electron chi connectivity index (χ0n) is 9.77. The molecule has 1 N–H and O–H groups in total. The molecule has 1 aromatic rings. The van der Waals surface area contributed by atoms with Gasteiger partial charge in [0.25, 0.3) is 0 Å². The normalized spacial score (nSPS) is 16.6. The molecule has 18 heavy (non-hydrogen) atoms. The first-order valence-electron chi connectivity index (χ1n) is 5.56. The Hall–Kier alpha value is -2.37. The second-order valence-corrected chi connectivity index (χ2v) is 4.22. The second kappa shape index (κ2) is 3.83. The number of amides is 1. The fourth-order valence-corrected chi connectivity index (χ4v) is 2.07. The van der Waals surface area contributed by atoms with Gasteiger partial charge in [0, 0.05) is 19.0 Å². The number of carbonyl (C=O) groups excluding carboxylic acids is 2. The van der Waals surface area contributed by atoms with E-state index < -0.39 is 0 Å². The number of aliphatic imine (C=N–C) groups is 1. The molecule has 0 atom stereocenters. The Balaban J connectivity index is 1.93. The van der Waals surface area contributed by atoms with E-state index >= 15 is 0 Å². The van der Waals surface area contributed by atoms with Crippen LogP contribution >= 0.6 is 0 Å². The molecule has 0 bridgehead atoms. The summed E-state index contributed by atoms with van der Waals surface area (Å²) in [5.74, 6) is 0.681. The summed E-state index contributed by atoms with van der Waals surface area (Å²) in [5, 5.41) is 2.70. The number of hydrogen-bond acceptors (Lipinski definition) is 5. The largest absolute Gasteiger partial charge is 0.427 e. The zero-order valence-corrected chi connectivity index (χ0v) is 9.77. The highest BCUT2D eigenvalue weighted by Crippen LogP contribution is 2.30. The Kier molecular flexibility index (Phi) is 2.29. The van der Waals surface area contributed by atoms with Gasteiger partial charge in [-0.15, -0.1) is 0 Å². The van der Waals surface area contributed by atoms with E-state index in [0.717, 1.165) is 11.3 Å². The van der Waals surface area contributed by atoms with Crippen molar-refractivity contribution in [2.24, 2.45) is 4.99 Å². The molecule has 0 aliphatic carbocycles. The van der Waals surface area contributed by atoms with Gasteiger partial charge in [0.1, 0.15) is 12.3 Å². The molecule has 0 spiro atoms. The maximum absolute atomic E-state index is 11.3. The maximum Gasteiger partial charge on any atom is 0.308 e. The number of fused-ring (bicyclic) bond motifs is 2. The Morgan fingerprint density at radius 2 is 2.28 bits per heavy atom. The van der Waals surface area contributed by atoms with Crippen LogP contribution in [0.15, 0.2) is 23.2 Å². The third-order valence-electron chi connectivity index (χ3n) is 2.79. The molecule has 3 rings (SSSR count). The SMILES string of the molecule is CC(=O)Oc1ccc2c(c1)CN1CC(=O)NC1=N2. The van der Waals surface area contributed by atoms with Crippen molar-refractivity contribution in [1.29, 1.82) is 0 Å². The number of hydrogen-bond donors (Lipinski definition) is 1. The molecule has 0 unspecified atom stereocenters. The fraction of sp³-hybridized carbons (Fsp3) is 0.250. The van der Waals surface area contributed by atoms with Crippen LogP contribution in [0, 0.1) is 0 Å². The number of nitrogens with zero attached hydrogens (tertiary/aromatic N) is 2. The van der Waals surface area contributed by atoms with Crippen LogP contribution < -0.4 is 10.1 Å². The number of carbonyl (C=O) groups is 2. The highest BCUT2D eigenvalue weighted by molar-refractivity contribution is 6.05. The lowest BCUT2D eigenvalue weighted by molar-refractivity contribution is -0.131. The molecule has 0 aromatic heterocycles. The molecular weight excluding hydrogens is 234 g/mol. The summed E-state index contributed by atoms with van der Waals surface area (Å²) in [6.45, 7) is 2.26. The summed E-state index contributed by atoms with van der Waals surface area (Å²) in [6.07, 6.45) is 0. The molecule has 1 aromatic carbocycles. The number of benzene rings is 1. The summed E-state index contributed by atoms with van der Waals surface area (Å²) < 4.78 is 5.02. The lowest BCUT2D eigenvalue weighted by Gasteiger charge is -2.22. The zero-order chi connectivity index (χ0) is 12.7. The molecule has 1 saturated heterocycles. The van der Waals surface area contributed by atoms with Gasteiger partial charge >= 0.3 is 5.97 Å². The van der Waals surface area contributed by atoms with Crippen molar-refractivity contribution in [3.63, 3.8) is 0 Å². The lowest BCUT2D eigenvalue weighted by atomic mass is 10.1. The van der Waals surface area contributed by atoms with Gasteiger partial charge in [-0.05, 0) is 18.2 Å². The van der Waals surface area contributed by atoms with Crippen molar-refractivity contribution in [2.45, 2.75) is 13.5 Å². The molecule has 6 nitrogen and oxygen atoms in total. The molecule has 2 heterocycles. The number of ether oxygens (including phenoxy) is 1. The van der Waals surface area contributed by atoms with Gasteiger partial charge in [-0.2, -0.15) is 0 Å². The van der Waals surface area contributed by atoms with E-state index in [2.05, 4.69) is 10.3 Å². The quantitative estimate of drug-likeness (QED) is 0.579. The van der Waals surface area contributed by atoms with E-state index in [4.69, 9.17) is 4.74 Å². The van der Waals surface area contributed by atoms with E-state index in [0.29, 0.717) is 24.8 Å².